The lowest BCUT2D eigenvalue weighted by Gasteiger charge is -2.25. The van der Waals surface area contributed by atoms with E-state index in [1.165, 1.54) is 0 Å². The van der Waals surface area contributed by atoms with Gasteiger partial charge in [0.25, 0.3) is 0 Å². The van der Waals surface area contributed by atoms with E-state index in [4.69, 9.17) is 10.5 Å². The van der Waals surface area contributed by atoms with Crippen molar-refractivity contribution in [2.45, 2.75) is 17.3 Å². The second-order valence-electron chi connectivity index (χ2n) is 5.36. The monoisotopic (exact) mass is 323 g/mol. The van der Waals surface area contributed by atoms with Gasteiger partial charge in [-0.2, -0.15) is 0 Å². The number of anilines is 1. The van der Waals surface area contributed by atoms with Gasteiger partial charge in [-0.3, -0.25) is 4.79 Å². The Labute approximate surface area is 131 Å². The summed E-state index contributed by atoms with van der Waals surface area (Å²) in [6.45, 7) is 2.63. The molecule has 21 heavy (non-hydrogen) atoms. The van der Waals surface area contributed by atoms with E-state index < -0.39 is 5.41 Å². The first kappa shape index (κ1) is 14.8. The zero-order valence-electron chi connectivity index (χ0n) is 11.9. The summed E-state index contributed by atoms with van der Waals surface area (Å²) in [6.07, 6.45) is 2.00. The lowest BCUT2D eigenvalue weighted by Crippen LogP contribution is -2.47. The van der Waals surface area contributed by atoms with Gasteiger partial charge in [-0.05, 0) is 31.4 Å². The molecule has 0 radical (unpaired) electrons. The number of aromatic nitrogens is 1. The Morgan fingerprint density at radius 1 is 1.62 bits per heavy atom. The fraction of sp³-hybridized carbons (Fsp3) is 0.429. The van der Waals surface area contributed by atoms with Gasteiger partial charge in [0.2, 0.25) is 5.91 Å². The summed E-state index contributed by atoms with van der Waals surface area (Å²) >= 11 is 3.24. The predicted molar refractivity (Wildman–Crippen MR) is 86.9 cm³/mol. The summed E-state index contributed by atoms with van der Waals surface area (Å²) in [4.78, 5) is 16.9. The standard InChI is InChI=1S/C14H17N3O2S2/c1-14(7-19-6-11(14)15)12(18)16-8-3-4-9-10(5-8)21-13(17-9)20-2/h3-5,11H,6-7,15H2,1-2H3,(H,16,18). The van der Waals surface area contributed by atoms with Crippen LogP contribution in [0.1, 0.15) is 6.92 Å². The lowest BCUT2D eigenvalue weighted by atomic mass is 9.85. The molecule has 0 saturated carbocycles. The van der Waals surface area contributed by atoms with Gasteiger partial charge >= 0.3 is 0 Å². The Hall–Kier alpha value is -1.15. The second-order valence-corrected chi connectivity index (χ2v) is 7.44. The van der Waals surface area contributed by atoms with Gasteiger partial charge in [-0.1, -0.05) is 11.8 Å². The van der Waals surface area contributed by atoms with Crippen LogP contribution in [0, 0.1) is 5.41 Å². The molecule has 1 aromatic heterocycles. The number of benzene rings is 1. The maximum atomic E-state index is 12.5. The van der Waals surface area contributed by atoms with E-state index in [9.17, 15) is 4.79 Å². The molecular formula is C14H17N3O2S2. The zero-order valence-corrected chi connectivity index (χ0v) is 13.5. The van der Waals surface area contributed by atoms with Crippen molar-refractivity contribution in [1.82, 2.24) is 4.98 Å². The van der Waals surface area contributed by atoms with Crippen molar-refractivity contribution in [3.8, 4) is 0 Å². The number of ether oxygens (including phenoxy) is 1. The van der Waals surface area contributed by atoms with E-state index >= 15 is 0 Å². The van der Waals surface area contributed by atoms with E-state index in [0.717, 1.165) is 20.2 Å². The first-order valence-electron chi connectivity index (χ1n) is 6.62. The Balaban J connectivity index is 1.82. The summed E-state index contributed by atoms with van der Waals surface area (Å²) in [5, 5.41) is 2.95. The summed E-state index contributed by atoms with van der Waals surface area (Å²) in [6, 6.07) is 5.48. The van der Waals surface area contributed by atoms with E-state index in [0.29, 0.717) is 13.2 Å². The maximum Gasteiger partial charge on any atom is 0.234 e. The minimum atomic E-state index is -0.674. The molecule has 0 bridgehead atoms. The van der Waals surface area contributed by atoms with Crippen LogP contribution in [0.25, 0.3) is 10.2 Å². The number of nitrogens with one attached hydrogen (secondary N) is 1. The van der Waals surface area contributed by atoms with Gasteiger partial charge in [0, 0.05) is 11.7 Å². The lowest BCUT2D eigenvalue weighted by molar-refractivity contribution is -0.125. The number of amides is 1. The molecule has 2 aromatic rings. The van der Waals surface area contributed by atoms with Gasteiger partial charge in [0.15, 0.2) is 4.34 Å². The topological polar surface area (TPSA) is 77.2 Å². The number of nitrogens with two attached hydrogens (primary N) is 1. The molecule has 112 valence electrons. The molecule has 0 spiro atoms. The molecule has 1 aliphatic heterocycles. The largest absolute Gasteiger partial charge is 0.379 e. The van der Waals surface area contributed by atoms with Crippen LogP contribution >= 0.6 is 23.1 Å². The average Bonchev–Trinajstić information content (AvgIpc) is 3.03. The molecule has 7 heteroatoms. The molecule has 1 fully saturated rings. The quantitative estimate of drug-likeness (QED) is 0.848. The van der Waals surface area contributed by atoms with Crippen LogP contribution in [-0.4, -0.2) is 36.4 Å². The van der Waals surface area contributed by atoms with Crippen molar-refractivity contribution < 1.29 is 9.53 Å². The third-order valence-corrected chi connectivity index (χ3v) is 5.84. The van der Waals surface area contributed by atoms with Gasteiger partial charge in [-0.15, -0.1) is 11.3 Å². The van der Waals surface area contributed by atoms with Gasteiger partial charge in [0.1, 0.15) is 0 Å². The SMILES string of the molecule is CSc1nc2ccc(NC(=O)C3(C)COCC3N)cc2s1. The molecule has 2 heterocycles. The summed E-state index contributed by atoms with van der Waals surface area (Å²) < 4.78 is 7.41. The third kappa shape index (κ3) is 2.66. The first-order valence-corrected chi connectivity index (χ1v) is 8.66. The molecular weight excluding hydrogens is 306 g/mol. The normalized spacial score (nSPS) is 25.4. The van der Waals surface area contributed by atoms with Crippen LogP contribution in [0.15, 0.2) is 22.5 Å². The number of thioether (sulfide) groups is 1. The Morgan fingerprint density at radius 3 is 3.10 bits per heavy atom. The van der Waals surface area contributed by atoms with Crippen LogP contribution < -0.4 is 11.1 Å². The molecule has 0 aliphatic carbocycles. The average molecular weight is 323 g/mol. The number of fused-ring (bicyclic) bond motifs is 1. The highest BCUT2D eigenvalue weighted by Gasteiger charge is 2.44. The molecule has 2 unspecified atom stereocenters. The fourth-order valence-electron chi connectivity index (χ4n) is 2.27. The fourth-order valence-corrected chi connectivity index (χ4v) is 3.79. The number of hydrogen-bond acceptors (Lipinski definition) is 6. The summed E-state index contributed by atoms with van der Waals surface area (Å²) in [5.41, 5.74) is 7.03. The van der Waals surface area contributed by atoms with Crippen molar-refractivity contribution in [2.75, 3.05) is 24.8 Å². The van der Waals surface area contributed by atoms with Crippen molar-refractivity contribution in [3.63, 3.8) is 0 Å². The smallest absolute Gasteiger partial charge is 0.234 e. The van der Waals surface area contributed by atoms with Crippen molar-refractivity contribution in [1.29, 1.82) is 0 Å². The number of carbonyl (C=O) groups excluding carboxylic acids is 1. The Morgan fingerprint density at radius 2 is 2.43 bits per heavy atom. The van der Waals surface area contributed by atoms with Crippen molar-refractivity contribution in [2.24, 2.45) is 11.1 Å². The second kappa shape index (κ2) is 5.57. The van der Waals surface area contributed by atoms with Crippen LogP contribution in [0.2, 0.25) is 0 Å². The van der Waals surface area contributed by atoms with Crippen LogP contribution in [0.5, 0.6) is 0 Å². The van der Waals surface area contributed by atoms with Gasteiger partial charge in [0.05, 0.1) is 28.8 Å². The summed E-state index contributed by atoms with van der Waals surface area (Å²) in [7, 11) is 0. The van der Waals surface area contributed by atoms with E-state index in [2.05, 4.69) is 10.3 Å². The highest BCUT2D eigenvalue weighted by Crippen LogP contribution is 2.32. The van der Waals surface area contributed by atoms with E-state index in [1.54, 1.807) is 23.1 Å². The highest BCUT2D eigenvalue weighted by atomic mass is 32.2. The molecule has 1 amide bonds. The van der Waals surface area contributed by atoms with Gasteiger partial charge < -0.3 is 15.8 Å². The first-order chi connectivity index (χ1) is 10.0. The number of thiazole rings is 1. The van der Waals surface area contributed by atoms with Crippen molar-refractivity contribution >= 4 is 44.9 Å². The number of rotatable bonds is 3. The van der Waals surface area contributed by atoms with E-state index in [1.807, 2.05) is 31.4 Å². The molecule has 1 aliphatic rings. The number of nitrogens with zero attached hydrogens (tertiary/aromatic N) is 1. The van der Waals surface area contributed by atoms with Crippen LogP contribution in [-0.2, 0) is 9.53 Å². The molecule has 3 rings (SSSR count). The molecule has 5 nitrogen and oxygen atoms in total. The maximum absolute atomic E-state index is 12.5. The van der Waals surface area contributed by atoms with Crippen LogP contribution in [0.4, 0.5) is 5.69 Å². The van der Waals surface area contributed by atoms with Crippen molar-refractivity contribution in [3.05, 3.63) is 18.2 Å². The Kier molecular flexibility index (Phi) is 3.92. The number of carbonyl (C=O) groups is 1. The highest BCUT2D eigenvalue weighted by molar-refractivity contribution is 8.00. The molecule has 2 atom stereocenters. The predicted octanol–water partition coefficient (Wildman–Crippen LogP) is 2.32. The van der Waals surface area contributed by atoms with Gasteiger partial charge in [-0.25, -0.2) is 4.98 Å². The Bertz CT molecular complexity index is 688. The zero-order chi connectivity index (χ0) is 15.0. The summed E-state index contributed by atoms with van der Waals surface area (Å²) in [5.74, 6) is -0.0959. The molecule has 1 aromatic carbocycles. The minimum absolute atomic E-state index is 0.0959. The molecule has 3 N–H and O–H groups in total. The van der Waals surface area contributed by atoms with Crippen LogP contribution in [0.3, 0.4) is 0 Å². The number of hydrogen-bond donors (Lipinski definition) is 2. The molecule has 1 saturated heterocycles. The van der Waals surface area contributed by atoms with E-state index in [-0.39, 0.29) is 11.9 Å². The minimum Gasteiger partial charge on any atom is -0.379 e. The third-order valence-electron chi connectivity index (χ3n) is 3.84.